The molecule has 0 atom stereocenters. The molecule has 36 heavy (non-hydrogen) atoms. The summed E-state index contributed by atoms with van der Waals surface area (Å²) in [5.41, 5.74) is 1.08. The lowest BCUT2D eigenvalue weighted by Crippen LogP contribution is -2.29. The summed E-state index contributed by atoms with van der Waals surface area (Å²) in [5.74, 6) is -3.69. The van der Waals surface area contributed by atoms with Gasteiger partial charge in [0.05, 0.1) is 27.4 Å². The summed E-state index contributed by atoms with van der Waals surface area (Å²) in [5, 5.41) is 4.82. The Labute approximate surface area is 208 Å². The molecule has 0 fully saturated rings. The van der Waals surface area contributed by atoms with Crippen molar-refractivity contribution in [3.8, 4) is 0 Å². The number of amides is 4. The number of carbonyl (C=O) groups is 5. The van der Waals surface area contributed by atoms with Crippen molar-refractivity contribution in [1.82, 2.24) is 0 Å². The predicted octanol–water partition coefficient (Wildman–Crippen LogP) is 4.03. The van der Waals surface area contributed by atoms with Crippen LogP contribution in [0.25, 0.3) is 0 Å². The Morgan fingerprint density at radius 2 is 1.56 bits per heavy atom. The van der Waals surface area contributed by atoms with Gasteiger partial charge in [-0.3, -0.25) is 19.2 Å². The Hall–Kier alpha value is -4.57. The fraction of sp³-hybridized carbons (Fsp3) is 0.0800. The fourth-order valence-electron chi connectivity index (χ4n) is 3.48. The van der Waals surface area contributed by atoms with E-state index in [0.717, 1.165) is 11.0 Å². The molecule has 0 bridgehead atoms. The number of ether oxygens (including phenoxy) is 1. The van der Waals surface area contributed by atoms with Crippen molar-refractivity contribution in [2.24, 2.45) is 0 Å². The Bertz CT molecular complexity index is 1420. The van der Waals surface area contributed by atoms with E-state index >= 15 is 0 Å². The first kappa shape index (κ1) is 24.6. The van der Waals surface area contributed by atoms with Crippen LogP contribution < -0.4 is 15.5 Å². The lowest BCUT2D eigenvalue weighted by atomic mass is 10.1. The van der Waals surface area contributed by atoms with Crippen LogP contribution in [-0.2, 0) is 14.3 Å². The molecule has 11 heteroatoms. The predicted molar refractivity (Wildman–Crippen MR) is 129 cm³/mol. The first-order chi connectivity index (χ1) is 17.1. The van der Waals surface area contributed by atoms with E-state index in [1.807, 2.05) is 0 Å². The zero-order chi connectivity index (χ0) is 26.0. The summed E-state index contributed by atoms with van der Waals surface area (Å²) in [7, 11) is 0. The Kier molecular flexibility index (Phi) is 6.80. The topological polar surface area (TPSA) is 122 Å². The van der Waals surface area contributed by atoms with E-state index in [1.54, 1.807) is 12.1 Å². The number of esters is 1. The highest BCUT2D eigenvalue weighted by Gasteiger charge is 2.37. The van der Waals surface area contributed by atoms with Crippen LogP contribution in [0.4, 0.5) is 21.5 Å². The Morgan fingerprint density at radius 3 is 2.22 bits per heavy atom. The van der Waals surface area contributed by atoms with Crippen molar-refractivity contribution in [3.05, 3.63) is 88.2 Å². The van der Waals surface area contributed by atoms with E-state index in [0.29, 0.717) is 5.69 Å². The minimum atomic E-state index is -0.886. The van der Waals surface area contributed by atoms with Crippen LogP contribution in [0.15, 0.2) is 60.7 Å². The van der Waals surface area contributed by atoms with Crippen molar-refractivity contribution in [3.63, 3.8) is 0 Å². The van der Waals surface area contributed by atoms with Crippen LogP contribution >= 0.6 is 11.6 Å². The van der Waals surface area contributed by atoms with Gasteiger partial charge in [-0.15, -0.1) is 0 Å². The summed E-state index contributed by atoms with van der Waals surface area (Å²) in [6, 6.07) is 13.6. The second kappa shape index (κ2) is 9.96. The van der Waals surface area contributed by atoms with E-state index < -0.39 is 36.1 Å². The lowest BCUT2D eigenvalue weighted by molar-refractivity contribution is -0.119. The van der Waals surface area contributed by atoms with Crippen LogP contribution in [0.1, 0.15) is 38.0 Å². The number of imide groups is 1. The highest BCUT2D eigenvalue weighted by Crippen LogP contribution is 2.30. The number of nitrogens with zero attached hydrogens (tertiary/aromatic N) is 1. The fourth-order valence-corrected chi connectivity index (χ4v) is 3.67. The standard InChI is InChI=1S/C25H17ClFN3O6/c1-13(31)28-15-3-6-17(7-4-15)30-23(33)18-8-2-14(10-19(18)24(30)34)25(35)36-12-22(32)29-16-5-9-21(27)20(26)11-16/h2-11H,12H2,1H3,(H,28,31)(H,29,32). The van der Waals surface area contributed by atoms with Crippen LogP contribution in [0.3, 0.4) is 0 Å². The van der Waals surface area contributed by atoms with Gasteiger partial charge in [-0.1, -0.05) is 11.6 Å². The maximum atomic E-state index is 13.2. The second-order valence-corrected chi connectivity index (χ2v) is 8.09. The first-order valence-corrected chi connectivity index (χ1v) is 10.8. The van der Waals surface area contributed by atoms with E-state index in [2.05, 4.69) is 10.6 Å². The summed E-state index contributed by atoms with van der Waals surface area (Å²) in [6.07, 6.45) is 0. The summed E-state index contributed by atoms with van der Waals surface area (Å²) < 4.78 is 18.2. The number of anilines is 3. The van der Waals surface area contributed by atoms with E-state index in [1.165, 1.54) is 49.4 Å². The molecule has 182 valence electrons. The zero-order valence-corrected chi connectivity index (χ0v) is 19.4. The third kappa shape index (κ3) is 5.08. The van der Waals surface area contributed by atoms with Gasteiger partial charge in [-0.05, 0) is 60.7 Å². The molecule has 1 aliphatic rings. The van der Waals surface area contributed by atoms with Gasteiger partial charge >= 0.3 is 5.97 Å². The number of halogens is 2. The third-order valence-corrected chi connectivity index (χ3v) is 5.40. The second-order valence-electron chi connectivity index (χ2n) is 7.69. The molecule has 1 heterocycles. The number of rotatable bonds is 6. The molecule has 4 amide bonds. The third-order valence-electron chi connectivity index (χ3n) is 5.11. The molecule has 0 saturated carbocycles. The van der Waals surface area contributed by atoms with Crippen molar-refractivity contribution in [1.29, 1.82) is 0 Å². The van der Waals surface area contributed by atoms with E-state index in [9.17, 15) is 28.4 Å². The summed E-state index contributed by atoms with van der Waals surface area (Å²) in [6.45, 7) is 0.708. The molecule has 3 aromatic carbocycles. The lowest BCUT2D eigenvalue weighted by Gasteiger charge is -2.14. The molecule has 0 unspecified atom stereocenters. The number of benzene rings is 3. The molecular weight excluding hydrogens is 493 g/mol. The molecule has 0 spiro atoms. The normalized spacial score (nSPS) is 12.2. The van der Waals surface area contributed by atoms with Crippen molar-refractivity contribution in [2.75, 3.05) is 22.1 Å². The van der Waals surface area contributed by atoms with Crippen LogP contribution in [0, 0.1) is 5.82 Å². The van der Waals surface area contributed by atoms with Crippen molar-refractivity contribution < 1.29 is 33.1 Å². The molecule has 0 aliphatic carbocycles. The molecule has 0 aromatic heterocycles. The molecule has 0 radical (unpaired) electrons. The van der Waals surface area contributed by atoms with Gasteiger partial charge < -0.3 is 15.4 Å². The average molecular weight is 510 g/mol. The van der Waals surface area contributed by atoms with Gasteiger partial charge in [-0.2, -0.15) is 0 Å². The van der Waals surface area contributed by atoms with E-state index in [4.69, 9.17) is 16.3 Å². The zero-order valence-electron chi connectivity index (χ0n) is 18.6. The quantitative estimate of drug-likeness (QED) is 0.382. The molecule has 0 saturated heterocycles. The molecule has 1 aliphatic heterocycles. The average Bonchev–Trinajstić information content (AvgIpc) is 3.09. The number of hydrogen-bond acceptors (Lipinski definition) is 6. The van der Waals surface area contributed by atoms with Crippen molar-refractivity contribution >= 4 is 58.3 Å². The maximum absolute atomic E-state index is 13.2. The Morgan fingerprint density at radius 1 is 0.889 bits per heavy atom. The number of fused-ring (bicyclic) bond motifs is 1. The Balaban J connectivity index is 1.43. The number of hydrogen-bond donors (Lipinski definition) is 2. The highest BCUT2D eigenvalue weighted by atomic mass is 35.5. The monoisotopic (exact) mass is 509 g/mol. The van der Waals surface area contributed by atoms with Gasteiger partial charge in [0, 0.05) is 18.3 Å². The van der Waals surface area contributed by atoms with Crippen LogP contribution in [-0.4, -0.2) is 36.2 Å². The number of nitrogens with one attached hydrogen (secondary N) is 2. The largest absolute Gasteiger partial charge is 0.452 e. The van der Waals surface area contributed by atoms with E-state index in [-0.39, 0.29) is 39.0 Å². The van der Waals surface area contributed by atoms with Gasteiger partial charge in [0.15, 0.2) is 6.61 Å². The van der Waals surface area contributed by atoms with Gasteiger partial charge in [-0.25, -0.2) is 14.1 Å². The van der Waals surface area contributed by atoms with Crippen molar-refractivity contribution in [2.45, 2.75) is 6.92 Å². The summed E-state index contributed by atoms with van der Waals surface area (Å²) >= 11 is 5.67. The highest BCUT2D eigenvalue weighted by molar-refractivity contribution is 6.34. The minimum absolute atomic E-state index is 0.00536. The van der Waals surface area contributed by atoms with Gasteiger partial charge in [0.25, 0.3) is 17.7 Å². The minimum Gasteiger partial charge on any atom is -0.452 e. The first-order valence-electron chi connectivity index (χ1n) is 10.5. The van der Waals surface area contributed by atoms with Crippen LogP contribution in [0.2, 0.25) is 5.02 Å². The molecule has 9 nitrogen and oxygen atoms in total. The van der Waals surface area contributed by atoms with Gasteiger partial charge in [0.1, 0.15) is 5.82 Å². The smallest absolute Gasteiger partial charge is 0.338 e. The maximum Gasteiger partial charge on any atom is 0.338 e. The molecule has 3 aromatic rings. The number of carbonyl (C=O) groups excluding carboxylic acids is 5. The summed E-state index contributed by atoms with van der Waals surface area (Å²) in [4.78, 5) is 62.4. The van der Waals surface area contributed by atoms with Crippen LogP contribution in [0.5, 0.6) is 0 Å². The SMILES string of the molecule is CC(=O)Nc1ccc(N2C(=O)c3ccc(C(=O)OCC(=O)Nc4ccc(F)c(Cl)c4)cc3C2=O)cc1. The molecule has 4 rings (SSSR count). The van der Waals surface area contributed by atoms with Gasteiger partial charge in [0.2, 0.25) is 5.91 Å². The molecular formula is C25H17ClFN3O6. The molecule has 2 N–H and O–H groups in total.